The average molecular weight is 514 g/mol. The lowest BCUT2D eigenvalue weighted by Crippen LogP contribution is -2.33. The molecule has 0 bridgehead atoms. The number of rotatable bonds is 15. The van der Waals surface area contributed by atoms with Crippen molar-refractivity contribution in [2.75, 3.05) is 32.8 Å². The van der Waals surface area contributed by atoms with Gasteiger partial charge >= 0.3 is 11.9 Å². The summed E-state index contributed by atoms with van der Waals surface area (Å²) in [6.07, 6.45) is 18.8. The summed E-state index contributed by atoms with van der Waals surface area (Å²) in [6.45, 7) is 13.5. The Labute approximate surface area is 226 Å². The number of ether oxygens (including phenoxy) is 2. The molecule has 0 spiro atoms. The lowest BCUT2D eigenvalue weighted by atomic mass is 9.88. The van der Waals surface area contributed by atoms with Gasteiger partial charge in [0.25, 0.3) is 0 Å². The van der Waals surface area contributed by atoms with Gasteiger partial charge in [0.2, 0.25) is 0 Å². The van der Waals surface area contributed by atoms with E-state index in [1.165, 1.54) is 22.3 Å². The maximum absolute atomic E-state index is 12.5. The normalized spacial score (nSPS) is 19.5. The van der Waals surface area contributed by atoms with Crippen LogP contribution < -0.4 is 0 Å². The highest BCUT2D eigenvalue weighted by Crippen LogP contribution is 2.28. The first-order valence-corrected chi connectivity index (χ1v) is 14.5. The van der Waals surface area contributed by atoms with E-state index in [0.29, 0.717) is 26.3 Å². The quantitative estimate of drug-likeness (QED) is 0.169. The van der Waals surface area contributed by atoms with Gasteiger partial charge < -0.3 is 9.47 Å². The van der Waals surface area contributed by atoms with E-state index < -0.39 is 0 Å². The van der Waals surface area contributed by atoms with E-state index in [0.717, 1.165) is 70.8 Å². The van der Waals surface area contributed by atoms with Crippen molar-refractivity contribution >= 4 is 11.9 Å². The largest absolute Gasteiger partial charge is 0.464 e. The summed E-state index contributed by atoms with van der Waals surface area (Å²) in [6, 6.07) is 0. The minimum absolute atomic E-state index is 0.0134. The molecule has 37 heavy (non-hydrogen) atoms. The van der Waals surface area contributed by atoms with E-state index in [-0.39, 0.29) is 23.8 Å². The number of hydrogen-bond acceptors (Lipinski definition) is 5. The predicted molar refractivity (Wildman–Crippen MR) is 152 cm³/mol. The van der Waals surface area contributed by atoms with Crippen LogP contribution in [0.3, 0.4) is 0 Å². The molecule has 2 rings (SSSR count). The van der Waals surface area contributed by atoms with Crippen molar-refractivity contribution < 1.29 is 19.1 Å². The molecule has 5 nitrogen and oxygen atoms in total. The minimum Gasteiger partial charge on any atom is -0.464 e. The molecule has 0 amide bonds. The summed E-state index contributed by atoms with van der Waals surface area (Å²) in [5.41, 5.74) is 5.66. The molecule has 0 saturated heterocycles. The predicted octanol–water partition coefficient (Wildman–Crippen LogP) is 7.34. The van der Waals surface area contributed by atoms with E-state index >= 15 is 0 Å². The molecular formula is C32H51NO4. The number of esters is 2. The zero-order valence-corrected chi connectivity index (χ0v) is 24.2. The van der Waals surface area contributed by atoms with Gasteiger partial charge in [0.1, 0.15) is 13.2 Å². The van der Waals surface area contributed by atoms with Gasteiger partial charge in [-0.15, -0.1) is 0 Å². The van der Waals surface area contributed by atoms with E-state index in [2.05, 4.69) is 63.8 Å². The molecule has 0 aliphatic heterocycles. The highest BCUT2D eigenvalue weighted by atomic mass is 16.5. The second kappa shape index (κ2) is 17.4. The third-order valence-electron chi connectivity index (χ3n) is 7.46. The molecule has 0 radical (unpaired) electrons. The van der Waals surface area contributed by atoms with Gasteiger partial charge in [-0.2, -0.15) is 0 Å². The van der Waals surface area contributed by atoms with Crippen LogP contribution in [0.4, 0.5) is 0 Å². The van der Waals surface area contributed by atoms with Gasteiger partial charge in [-0.1, -0.05) is 53.5 Å². The maximum atomic E-state index is 12.5. The summed E-state index contributed by atoms with van der Waals surface area (Å²) in [5, 5.41) is 0. The van der Waals surface area contributed by atoms with E-state index in [4.69, 9.17) is 9.47 Å². The molecule has 2 aliphatic rings. The first-order chi connectivity index (χ1) is 17.8. The number of carbonyl (C=O) groups excluding carboxylic acids is 2. The monoisotopic (exact) mass is 513 g/mol. The Bertz CT molecular complexity index is 775. The fourth-order valence-electron chi connectivity index (χ4n) is 4.97. The summed E-state index contributed by atoms with van der Waals surface area (Å²) < 4.78 is 11.2. The summed E-state index contributed by atoms with van der Waals surface area (Å²) >= 11 is 0. The second-order valence-corrected chi connectivity index (χ2v) is 11.1. The highest BCUT2D eigenvalue weighted by molar-refractivity contribution is 5.73. The van der Waals surface area contributed by atoms with Crippen LogP contribution in [0.25, 0.3) is 0 Å². The first-order valence-electron chi connectivity index (χ1n) is 14.5. The van der Waals surface area contributed by atoms with Crippen LogP contribution in [0.5, 0.6) is 0 Å². The Morgan fingerprint density at radius 1 is 0.811 bits per heavy atom. The molecule has 208 valence electrons. The summed E-state index contributed by atoms with van der Waals surface area (Å²) in [5.74, 6) is -0.179. The molecule has 2 unspecified atom stereocenters. The topological polar surface area (TPSA) is 55.8 Å². The summed E-state index contributed by atoms with van der Waals surface area (Å²) in [7, 11) is 0. The minimum atomic E-state index is -0.0762. The van der Waals surface area contributed by atoms with Crippen molar-refractivity contribution in [3.63, 3.8) is 0 Å². The first kappa shape index (κ1) is 31.1. The van der Waals surface area contributed by atoms with Gasteiger partial charge in [-0.25, -0.2) is 0 Å². The number of nitrogens with zero attached hydrogens (tertiary/aromatic N) is 1. The van der Waals surface area contributed by atoms with Gasteiger partial charge in [-0.3, -0.25) is 14.5 Å². The van der Waals surface area contributed by atoms with Gasteiger partial charge in [-0.05, 0) is 98.4 Å². The van der Waals surface area contributed by atoms with E-state index in [1.54, 1.807) is 0 Å². The fraction of sp³-hybridized carbons (Fsp3) is 0.688. The van der Waals surface area contributed by atoms with Crippen molar-refractivity contribution in [3.8, 4) is 0 Å². The van der Waals surface area contributed by atoms with E-state index in [1.807, 2.05) is 0 Å². The Morgan fingerprint density at radius 3 is 1.57 bits per heavy atom. The molecule has 0 aromatic carbocycles. The molecule has 0 aromatic rings. The Morgan fingerprint density at radius 2 is 1.24 bits per heavy atom. The van der Waals surface area contributed by atoms with Crippen LogP contribution in [0.15, 0.2) is 46.6 Å². The Kier molecular flexibility index (Phi) is 14.6. The van der Waals surface area contributed by atoms with Crippen LogP contribution in [0, 0.1) is 11.8 Å². The van der Waals surface area contributed by atoms with Gasteiger partial charge in [0.15, 0.2) is 0 Å². The average Bonchev–Trinajstić information content (AvgIpc) is 2.88. The van der Waals surface area contributed by atoms with Crippen LogP contribution in [0.2, 0.25) is 0 Å². The standard InChI is InChI=1S/C32H51NO4/c1-6-33(21-23-36-31(34)29-17-13-27(14-18-29)11-7-9-25(2)3)22-24-37-32(35)30-19-15-28(16-20-30)12-8-10-26(4)5/h9-10,13,15,29-30H,6-8,11-12,14,16-24H2,1-5H3. The van der Waals surface area contributed by atoms with Crippen molar-refractivity contribution in [2.24, 2.45) is 11.8 Å². The molecule has 0 heterocycles. The number of carbonyl (C=O) groups is 2. The number of allylic oxidation sites excluding steroid dienone is 8. The SMILES string of the molecule is CCN(CCOC(=O)C1CC=C(CCC=C(C)C)CC1)CCOC(=O)C1CC=C(CCC=C(C)C)CC1. The fourth-order valence-corrected chi connectivity index (χ4v) is 4.97. The maximum Gasteiger partial charge on any atom is 0.309 e. The number of likely N-dealkylation sites (N-methyl/N-ethyl adjacent to an activating group) is 1. The van der Waals surface area contributed by atoms with Crippen LogP contribution in [-0.2, 0) is 19.1 Å². The molecule has 0 N–H and O–H groups in total. The third kappa shape index (κ3) is 12.8. The molecule has 2 aliphatic carbocycles. The van der Waals surface area contributed by atoms with Crippen molar-refractivity contribution in [2.45, 2.75) is 98.8 Å². The molecule has 0 fully saturated rings. The van der Waals surface area contributed by atoms with E-state index in [9.17, 15) is 9.59 Å². The van der Waals surface area contributed by atoms with Crippen LogP contribution in [0.1, 0.15) is 98.8 Å². The number of hydrogen-bond donors (Lipinski definition) is 0. The van der Waals surface area contributed by atoms with Crippen LogP contribution >= 0.6 is 0 Å². The zero-order chi connectivity index (χ0) is 27.0. The van der Waals surface area contributed by atoms with Crippen LogP contribution in [-0.4, -0.2) is 49.7 Å². The van der Waals surface area contributed by atoms with Gasteiger partial charge in [0, 0.05) is 13.1 Å². The molecule has 2 atom stereocenters. The molecular weight excluding hydrogens is 462 g/mol. The molecule has 0 saturated carbocycles. The second-order valence-electron chi connectivity index (χ2n) is 11.1. The lowest BCUT2D eigenvalue weighted by Gasteiger charge is -2.24. The third-order valence-corrected chi connectivity index (χ3v) is 7.46. The zero-order valence-electron chi connectivity index (χ0n) is 24.2. The van der Waals surface area contributed by atoms with Crippen molar-refractivity contribution in [1.29, 1.82) is 0 Å². The lowest BCUT2D eigenvalue weighted by molar-refractivity contribution is -0.149. The summed E-state index contributed by atoms with van der Waals surface area (Å²) in [4.78, 5) is 27.2. The van der Waals surface area contributed by atoms with Crippen molar-refractivity contribution in [1.82, 2.24) is 4.90 Å². The Balaban J connectivity index is 1.60. The van der Waals surface area contributed by atoms with Crippen molar-refractivity contribution in [3.05, 3.63) is 46.6 Å². The molecule has 5 heteroatoms. The Hall–Kier alpha value is -2.14. The smallest absolute Gasteiger partial charge is 0.309 e. The van der Waals surface area contributed by atoms with Gasteiger partial charge in [0.05, 0.1) is 11.8 Å². The highest BCUT2D eigenvalue weighted by Gasteiger charge is 2.24. The molecule has 0 aromatic heterocycles.